The summed E-state index contributed by atoms with van der Waals surface area (Å²) in [6.45, 7) is 0.192. The number of aromatic nitrogens is 3. The molecule has 1 unspecified atom stereocenters. The van der Waals surface area contributed by atoms with Crippen LogP contribution in [0.4, 0.5) is 4.79 Å². The molecule has 1 aliphatic carbocycles. The van der Waals surface area contributed by atoms with Gasteiger partial charge >= 0.3 is 6.03 Å². The first-order valence-corrected chi connectivity index (χ1v) is 7.63. The molecule has 1 N–H and O–H groups in total. The SMILES string of the molecule is Cn1nncc1CN1C(=O)NC2(CCc3ccccc3C2)C1=O. The predicted octanol–water partition coefficient (Wildman–Crippen LogP) is 0.795. The van der Waals surface area contributed by atoms with Crippen molar-refractivity contribution in [2.75, 3.05) is 0 Å². The molecule has 3 amide bonds. The fourth-order valence-electron chi connectivity index (χ4n) is 3.46. The summed E-state index contributed by atoms with van der Waals surface area (Å²) in [4.78, 5) is 26.6. The number of hydrogen-bond acceptors (Lipinski definition) is 4. The van der Waals surface area contributed by atoms with Crippen LogP contribution in [-0.2, 0) is 31.2 Å². The summed E-state index contributed by atoms with van der Waals surface area (Å²) < 4.78 is 1.57. The van der Waals surface area contributed by atoms with Crippen LogP contribution in [0.2, 0.25) is 0 Å². The van der Waals surface area contributed by atoms with E-state index in [-0.39, 0.29) is 18.5 Å². The van der Waals surface area contributed by atoms with E-state index < -0.39 is 5.54 Å². The number of nitrogens with zero attached hydrogens (tertiary/aromatic N) is 4. The molecular weight excluding hydrogens is 294 g/mol. The van der Waals surface area contributed by atoms with E-state index in [1.807, 2.05) is 18.2 Å². The maximum absolute atomic E-state index is 12.9. The summed E-state index contributed by atoms with van der Waals surface area (Å²) in [5.41, 5.74) is 2.31. The Kier molecular flexibility index (Phi) is 2.97. The molecule has 1 spiro atoms. The van der Waals surface area contributed by atoms with Gasteiger partial charge in [-0.25, -0.2) is 4.79 Å². The third-order valence-corrected chi connectivity index (χ3v) is 4.81. The number of nitrogens with one attached hydrogen (secondary N) is 1. The smallest absolute Gasteiger partial charge is 0.323 e. The van der Waals surface area contributed by atoms with Gasteiger partial charge in [0.25, 0.3) is 5.91 Å². The molecule has 1 aromatic heterocycles. The summed E-state index contributed by atoms with van der Waals surface area (Å²) in [5.74, 6) is -0.154. The first-order chi connectivity index (χ1) is 11.1. The Hall–Kier alpha value is -2.70. The molecule has 0 radical (unpaired) electrons. The van der Waals surface area contributed by atoms with Gasteiger partial charge in [0.2, 0.25) is 0 Å². The highest BCUT2D eigenvalue weighted by molar-refractivity contribution is 6.07. The van der Waals surface area contributed by atoms with E-state index in [9.17, 15) is 9.59 Å². The quantitative estimate of drug-likeness (QED) is 0.832. The second kappa shape index (κ2) is 4.91. The van der Waals surface area contributed by atoms with Crippen molar-refractivity contribution in [1.82, 2.24) is 25.2 Å². The standard InChI is InChI=1S/C16H17N5O2/c1-20-13(9-17-19-20)10-21-14(22)16(18-15(21)23)7-6-11-4-2-3-5-12(11)8-16/h2-5,9H,6-8,10H2,1H3,(H,18,23). The Balaban J connectivity index is 1.62. The average molecular weight is 311 g/mol. The number of fused-ring (bicyclic) bond motifs is 1. The Morgan fingerprint density at radius 2 is 2.04 bits per heavy atom. The number of benzene rings is 1. The van der Waals surface area contributed by atoms with Crippen LogP contribution in [0.3, 0.4) is 0 Å². The first kappa shape index (κ1) is 13.9. The highest BCUT2D eigenvalue weighted by atomic mass is 16.2. The number of amides is 3. The van der Waals surface area contributed by atoms with Crippen LogP contribution < -0.4 is 5.32 Å². The number of urea groups is 1. The number of carbonyl (C=O) groups excluding carboxylic acids is 2. The van der Waals surface area contributed by atoms with Crippen molar-refractivity contribution in [3.63, 3.8) is 0 Å². The fraction of sp³-hybridized carbons (Fsp3) is 0.375. The maximum atomic E-state index is 12.9. The third-order valence-electron chi connectivity index (χ3n) is 4.81. The van der Waals surface area contributed by atoms with E-state index in [0.29, 0.717) is 12.8 Å². The highest BCUT2D eigenvalue weighted by Crippen LogP contribution is 2.34. The van der Waals surface area contributed by atoms with Crippen LogP contribution >= 0.6 is 0 Å². The van der Waals surface area contributed by atoms with E-state index in [2.05, 4.69) is 21.7 Å². The van der Waals surface area contributed by atoms with E-state index in [1.165, 1.54) is 10.5 Å². The summed E-state index contributed by atoms with van der Waals surface area (Å²) in [5, 5.41) is 10.6. The number of carbonyl (C=O) groups is 2. The second-order valence-electron chi connectivity index (χ2n) is 6.20. The minimum atomic E-state index is -0.808. The molecule has 1 aromatic carbocycles. The van der Waals surface area contributed by atoms with Crippen LogP contribution in [0.25, 0.3) is 0 Å². The van der Waals surface area contributed by atoms with Gasteiger partial charge in [0.15, 0.2) is 0 Å². The van der Waals surface area contributed by atoms with Crippen molar-refractivity contribution in [1.29, 1.82) is 0 Å². The van der Waals surface area contributed by atoms with Crippen LogP contribution in [0.5, 0.6) is 0 Å². The Morgan fingerprint density at radius 1 is 1.26 bits per heavy atom. The van der Waals surface area contributed by atoms with Crippen LogP contribution in [-0.4, -0.2) is 37.4 Å². The number of aryl methyl sites for hydroxylation is 2. The number of rotatable bonds is 2. The number of imide groups is 1. The molecular formula is C16H17N5O2. The first-order valence-electron chi connectivity index (χ1n) is 7.63. The zero-order valence-corrected chi connectivity index (χ0v) is 12.8. The lowest BCUT2D eigenvalue weighted by Crippen LogP contribution is -2.51. The van der Waals surface area contributed by atoms with Gasteiger partial charge in [-0.2, -0.15) is 0 Å². The Morgan fingerprint density at radius 3 is 2.78 bits per heavy atom. The molecule has 2 heterocycles. The van der Waals surface area contributed by atoms with Gasteiger partial charge in [0.05, 0.1) is 18.4 Å². The molecule has 1 fully saturated rings. The molecule has 4 rings (SSSR count). The highest BCUT2D eigenvalue weighted by Gasteiger charge is 2.52. The third kappa shape index (κ3) is 2.11. The summed E-state index contributed by atoms with van der Waals surface area (Å²) in [7, 11) is 1.74. The van der Waals surface area contributed by atoms with Crippen molar-refractivity contribution >= 4 is 11.9 Å². The van der Waals surface area contributed by atoms with Crippen molar-refractivity contribution in [3.05, 3.63) is 47.3 Å². The summed E-state index contributed by atoms with van der Waals surface area (Å²) in [6, 6.07) is 7.76. The van der Waals surface area contributed by atoms with Crippen molar-refractivity contribution in [2.24, 2.45) is 7.05 Å². The fourth-order valence-corrected chi connectivity index (χ4v) is 3.46. The minimum absolute atomic E-state index is 0.154. The predicted molar refractivity (Wildman–Crippen MR) is 81.3 cm³/mol. The van der Waals surface area contributed by atoms with Gasteiger partial charge in [-0.3, -0.25) is 14.4 Å². The molecule has 2 aromatic rings. The molecule has 118 valence electrons. The zero-order valence-electron chi connectivity index (χ0n) is 12.8. The minimum Gasteiger partial charge on any atom is -0.323 e. The maximum Gasteiger partial charge on any atom is 0.325 e. The monoisotopic (exact) mass is 311 g/mol. The van der Waals surface area contributed by atoms with Crippen molar-refractivity contribution in [3.8, 4) is 0 Å². The molecule has 23 heavy (non-hydrogen) atoms. The van der Waals surface area contributed by atoms with E-state index in [4.69, 9.17) is 0 Å². The van der Waals surface area contributed by atoms with Crippen LogP contribution in [0, 0.1) is 0 Å². The zero-order chi connectivity index (χ0) is 16.0. The molecule has 2 aliphatic rings. The lowest BCUT2D eigenvalue weighted by atomic mass is 9.78. The van der Waals surface area contributed by atoms with Crippen LogP contribution in [0.15, 0.2) is 30.5 Å². The van der Waals surface area contributed by atoms with Gasteiger partial charge in [0.1, 0.15) is 5.54 Å². The largest absolute Gasteiger partial charge is 0.325 e. The molecule has 1 atom stereocenters. The lowest BCUT2D eigenvalue weighted by Gasteiger charge is -2.32. The number of hydrogen-bond donors (Lipinski definition) is 1. The molecule has 1 aliphatic heterocycles. The molecule has 7 nitrogen and oxygen atoms in total. The van der Waals surface area contributed by atoms with E-state index in [0.717, 1.165) is 17.7 Å². The van der Waals surface area contributed by atoms with Crippen molar-refractivity contribution < 1.29 is 9.59 Å². The van der Waals surface area contributed by atoms with Gasteiger partial charge < -0.3 is 5.32 Å². The average Bonchev–Trinajstić information content (AvgIpc) is 3.05. The second-order valence-corrected chi connectivity index (χ2v) is 6.20. The molecule has 0 bridgehead atoms. The van der Waals surface area contributed by atoms with Crippen molar-refractivity contribution in [2.45, 2.75) is 31.3 Å². The van der Waals surface area contributed by atoms with Gasteiger partial charge in [-0.1, -0.05) is 29.5 Å². The molecule has 7 heteroatoms. The van der Waals surface area contributed by atoms with Gasteiger partial charge in [-0.15, -0.1) is 5.10 Å². The van der Waals surface area contributed by atoms with Gasteiger partial charge in [-0.05, 0) is 24.0 Å². The molecule has 1 saturated heterocycles. The van der Waals surface area contributed by atoms with Gasteiger partial charge in [0, 0.05) is 13.5 Å². The summed E-state index contributed by atoms with van der Waals surface area (Å²) in [6.07, 6.45) is 3.55. The Bertz CT molecular complexity index is 799. The topological polar surface area (TPSA) is 80.1 Å². The molecule has 0 saturated carbocycles. The lowest BCUT2D eigenvalue weighted by molar-refractivity contribution is -0.132. The summed E-state index contributed by atoms with van der Waals surface area (Å²) >= 11 is 0. The normalized spacial score (nSPS) is 23.3. The Labute approximate surface area is 133 Å². The van der Waals surface area contributed by atoms with E-state index >= 15 is 0 Å². The van der Waals surface area contributed by atoms with Crippen LogP contribution in [0.1, 0.15) is 23.2 Å². The van der Waals surface area contributed by atoms with E-state index in [1.54, 1.807) is 17.9 Å².